The summed E-state index contributed by atoms with van der Waals surface area (Å²) in [6, 6.07) is 15.8. The SMILES string of the molecule is CNc1nccc(-c2cccnc2Oc2ccc(NC(=O)Nc3cc(Cl)ccc3C)cc2C)n1. The van der Waals surface area contributed by atoms with Crippen molar-refractivity contribution in [2.24, 2.45) is 0 Å². The average Bonchev–Trinajstić information content (AvgIpc) is 2.83. The number of pyridine rings is 1. The molecule has 0 fully saturated rings. The molecule has 0 saturated carbocycles. The van der Waals surface area contributed by atoms with Crippen LogP contribution >= 0.6 is 11.6 Å². The zero-order valence-corrected chi connectivity index (χ0v) is 19.6. The predicted octanol–water partition coefficient (Wildman–Crippen LogP) is 6.29. The van der Waals surface area contributed by atoms with E-state index in [2.05, 4.69) is 30.9 Å². The zero-order chi connectivity index (χ0) is 24.1. The van der Waals surface area contributed by atoms with E-state index in [0.717, 1.165) is 16.7 Å². The van der Waals surface area contributed by atoms with Crippen LogP contribution in [0.5, 0.6) is 11.6 Å². The van der Waals surface area contributed by atoms with Gasteiger partial charge in [-0.2, -0.15) is 0 Å². The van der Waals surface area contributed by atoms with Crippen molar-refractivity contribution in [3.63, 3.8) is 0 Å². The molecular formula is C25H23ClN6O2. The smallest absolute Gasteiger partial charge is 0.323 e. The van der Waals surface area contributed by atoms with Crippen molar-refractivity contribution < 1.29 is 9.53 Å². The normalized spacial score (nSPS) is 10.5. The Morgan fingerprint density at radius 1 is 0.941 bits per heavy atom. The number of benzene rings is 2. The zero-order valence-electron chi connectivity index (χ0n) is 18.9. The fourth-order valence-electron chi connectivity index (χ4n) is 3.26. The number of nitrogens with one attached hydrogen (secondary N) is 3. The maximum absolute atomic E-state index is 12.5. The number of carbonyl (C=O) groups is 1. The van der Waals surface area contributed by atoms with E-state index in [-0.39, 0.29) is 6.03 Å². The Morgan fingerprint density at radius 3 is 2.59 bits per heavy atom. The fraction of sp³-hybridized carbons (Fsp3) is 0.120. The first-order valence-corrected chi connectivity index (χ1v) is 10.9. The minimum absolute atomic E-state index is 0.366. The van der Waals surface area contributed by atoms with Gasteiger partial charge in [0.25, 0.3) is 0 Å². The van der Waals surface area contributed by atoms with Crippen molar-refractivity contribution in [2.75, 3.05) is 23.0 Å². The molecule has 0 aliphatic heterocycles. The molecule has 8 nitrogen and oxygen atoms in total. The highest BCUT2D eigenvalue weighted by molar-refractivity contribution is 6.31. The van der Waals surface area contributed by atoms with Gasteiger partial charge in [0.15, 0.2) is 0 Å². The lowest BCUT2D eigenvalue weighted by Gasteiger charge is -2.14. The van der Waals surface area contributed by atoms with E-state index >= 15 is 0 Å². The molecule has 0 aliphatic rings. The standard InChI is InChI=1S/C25H23ClN6O2/c1-15-6-7-17(26)14-21(15)32-25(33)30-18-8-9-22(16(2)13-18)34-23-19(5-4-11-28-23)20-10-12-29-24(27-3)31-20/h4-14H,1-3H3,(H,27,29,31)(H2,30,32,33). The van der Waals surface area contributed by atoms with E-state index in [4.69, 9.17) is 16.3 Å². The topological polar surface area (TPSA) is 101 Å². The Bertz CT molecular complexity index is 1340. The number of aromatic nitrogens is 3. The highest BCUT2D eigenvalue weighted by Gasteiger charge is 2.13. The summed E-state index contributed by atoms with van der Waals surface area (Å²) in [6.45, 7) is 3.79. The van der Waals surface area contributed by atoms with Gasteiger partial charge in [-0.05, 0) is 73.5 Å². The lowest BCUT2D eigenvalue weighted by molar-refractivity contribution is 0.262. The van der Waals surface area contributed by atoms with Crippen molar-refractivity contribution >= 4 is 35.0 Å². The van der Waals surface area contributed by atoms with E-state index in [9.17, 15) is 4.79 Å². The largest absolute Gasteiger partial charge is 0.438 e. The molecule has 0 atom stereocenters. The number of hydrogen-bond donors (Lipinski definition) is 3. The molecule has 0 radical (unpaired) electrons. The van der Waals surface area contributed by atoms with Gasteiger partial charge in [0.2, 0.25) is 11.8 Å². The summed E-state index contributed by atoms with van der Waals surface area (Å²) in [5, 5.41) is 9.13. The van der Waals surface area contributed by atoms with Crippen LogP contribution in [0.15, 0.2) is 67.0 Å². The number of anilines is 3. The molecule has 0 saturated heterocycles. The molecule has 2 amide bonds. The molecule has 0 spiro atoms. The lowest BCUT2D eigenvalue weighted by Crippen LogP contribution is -2.20. The summed E-state index contributed by atoms with van der Waals surface area (Å²) in [6.07, 6.45) is 3.33. The molecule has 34 heavy (non-hydrogen) atoms. The summed E-state index contributed by atoms with van der Waals surface area (Å²) >= 11 is 6.03. The molecule has 2 aromatic heterocycles. The van der Waals surface area contributed by atoms with Gasteiger partial charge in [-0.3, -0.25) is 0 Å². The molecule has 2 aromatic carbocycles. The van der Waals surface area contributed by atoms with Crippen molar-refractivity contribution in [2.45, 2.75) is 13.8 Å². The van der Waals surface area contributed by atoms with Gasteiger partial charge in [-0.1, -0.05) is 17.7 Å². The molecule has 2 heterocycles. The second-order valence-corrected chi connectivity index (χ2v) is 7.93. The summed E-state index contributed by atoms with van der Waals surface area (Å²) in [7, 11) is 1.76. The first kappa shape index (κ1) is 23.0. The molecule has 3 N–H and O–H groups in total. The van der Waals surface area contributed by atoms with Crippen LogP contribution in [0.4, 0.5) is 22.1 Å². The van der Waals surface area contributed by atoms with Gasteiger partial charge in [-0.25, -0.2) is 19.7 Å². The maximum atomic E-state index is 12.5. The number of ether oxygens (including phenoxy) is 1. The van der Waals surface area contributed by atoms with Gasteiger partial charge >= 0.3 is 6.03 Å². The van der Waals surface area contributed by atoms with Crippen molar-refractivity contribution in [1.82, 2.24) is 15.0 Å². The van der Waals surface area contributed by atoms with Crippen LogP contribution in [0.3, 0.4) is 0 Å². The van der Waals surface area contributed by atoms with E-state index in [1.54, 1.807) is 49.8 Å². The predicted molar refractivity (Wildman–Crippen MR) is 135 cm³/mol. The van der Waals surface area contributed by atoms with Crippen LogP contribution in [-0.2, 0) is 0 Å². The van der Waals surface area contributed by atoms with Gasteiger partial charge in [0.1, 0.15) is 5.75 Å². The third kappa shape index (κ3) is 5.41. The van der Waals surface area contributed by atoms with Gasteiger partial charge in [-0.15, -0.1) is 0 Å². The first-order chi connectivity index (χ1) is 16.4. The number of hydrogen-bond acceptors (Lipinski definition) is 6. The van der Waals surface area contributed by atoms with Gasteiger partial charge in [0, 0.05) is 35.8 Å². The Morgan fingerprint density at radius 2 is 1.79 bits per heavy atom. The average molecular weight is 475 g/mol. The molecule has 172 valence electrons. The number of aryl methyl sites for hydroxylation is 2. The maximum Gasteiger partial charge on any atom is 0.323 e. The van der Waals surface area contributed by atoms with Crippen molar-refractivity contribution in [3.05, 3.63) is 83.1 Å². The third-order valence-electron chi connectivity index (χ3n) is 5.01. The number of halogens is 1. The van der Waals surface area contributed by atoms with Crippen molar-refractivity contribution in [3.8, 4) is 22.9 Å². The van der Waals surface area contributed by atoms with E-state index < -0.39 is 0 Å². The second-order valence-electron chi connectivity index (χ2n) is 7.49. The summed E-state index contributed by atoms with van der Waals surface area (Å²) in [5.41, 5.74) is 4.43. The van der Waals surface area contributed by atoms with Crippen LogP contribution < -0.4 is 20.7 Å². The lowest BCUT2D eigenvalue weighted by atomic mass is 10.2. The van der Waals surface area contributed by atoms with E-state index in [0.29, 0.717) is 39.7 Å². The minimum atomic E-state index is -0.366. The minimum Gasteiger partial charge on any atom is -0.438 e. The monoisotopic (exact) mass is 474 g/mol. The summed E-state index contributed by atoms with van der Waals surface area (Å²) in [4.78, 5) is 25.5. The van der Waals surface area contributed by atoms with Gasteiger partial charge < -0.3 is 20.7 Å². The van der Waals surface area contributed by atoms with Crippen LogP contribution in [-0.4, -0.2) is 28.0 Å². The van der Waals surface area contributed by atoms with E-state index in [1.807, 2.05) is 38.1 Å². The quantitative estimate of drug-likeness (QED) is 0.303. The molecule has 0 aliphatic carbocycles. The molecule has 9 heteroatoms. The number of amides is 2. The van der Waals surface area contributed by atoms with Crippen LogP contribution in [0.25, 0.3) is 11.3 Å². The highest BCUT2D eigenvalue weighted by atomic mass is 35.5. The Balaban J connectivity index is 1.50. The summed E-state index contributed by atoms with van der Waals surface area (Å²) in [5.74, 6) is 1.53. The first-order valence-electron chi connectivity index (χ1n) is 10.5. The number of carbonyl (C=O) groups excluding carboxylic acids is 1. The molecule has 0 bridgehead atoms. The molecule has 0 unspecified atom stereocenters. The summed E-state index contributed by atoms with van der Waals surface area (Å²) < 4.78 is 6.12. The Kier molecular flexibility index (Phi) is 6.89. The molecule has 4 aromatic rings. The van der Waals surface area contributed by atoms with Crippen LogP contribution in [0, 0.1) is 13.8 Å². The molecule has 4 rings (SSSR count). The number of nitrogens with zero attached hydrogens (tertiary/aromatic N) is 3. The number of urea groups is 1. The Hall–Kier alpha value is -4.17. The van der Waals surface area contributed by atoms with Crippen molar-refractivity contribution in [1.29, 1.82) is 0 Å². The number of rotatable bonds is 6. The third-order valence-corrected chi connectivity index (χ3v) is 5.25. The molecular weight excluding hydrogens is 452 g/mol. The van der Waals surface area contributed by atoms with Crippen LogP contribution in [0.2, 0.25) is 5.02 Å². The Labute approximate surface area is 202 Å². The van der Waals surface area contributed by atoms with Crippen LogP contribution in [0.1, 0.15) is 11.1 Å². The highest BCUT2D eigenvalue weighted by Crippen LogP contribution is 2.33. The van der Waals surface area contributed by atoms with E-state index in [1.165, 1.54) is 0 Å². The second kappa shape index (κ2) is 10.2. The van der Waals surface area contributed by atoms with Gasteiger partial charge in [0.05, 0.1) is 11.3 Å². The fourth-order valence-corrected chi connectivity index (χ4v) is 3.43.